The molecular formula is C15H11NO2. The van der Waals surface area contributed by atoms with Crippen LogP contribution < -0.4 is 10.1 Å². The lowest BCUT2D eigenvalue weighted by Crippen LogP contribution is -2.21. The first kappa shape index (κ1) is 11.7. The van der Waals surface area contributed by atoms with Gasteiger partial charge in [0.15, 0.2) is 0 Å². The molecule has 0 radical (unpaired) electrons. The molecule has 88 valence electrons. The summed E-state index contributed by atoms with van der Waals surface area (Å²) in [6.07, 6.45) is 4.28. The van der Waals surface area contributed by atoms with Gasteiger partial charge in [-0.15, -0.1) is 0 Å². The quantitative estimate of drug-likeness (QED) is 0.644. The first-order valence-corrected chi connectivity index (χ1v) is 5.38. The van der Waals surface area contributed by atoms with Crippen molar-refractivity contribution in [2.24, 2.45) is 0 Å². The average Bonchev–Trinajstić information content (AvgIpc) is 2.40. The van der Waals surface area contributed by atoms with Crippen LogP contribution in [0.4, 0.5) is 4.79 Å². The van der Waals surface area contributed by atoms with Crippen molar-refractivity contribution in [3.63, 3.8) is 0 Å². The fourth-order valence-electron chi connectivity index (χ4n) is 1.56. The highest BCUT2D eigenvalue weighted by molar-refractivity contribution is 5.73. The summed E-state index contributed by atoms with van der Waals surface area (Å²) in [4.78, 5) is 11.2. The fraction of sp³-hybridized carbons (Fsp3) is 0. The van der Waals surface area contributed by atoms with Crippen LogP contribution in [0.5, 0.6) is 5.75 Å². The first-order chi connectivity index (χ1) is 8.79. The highest BCUT2D eigenvalue weighted by atomic mass is 16.5. The SMILES string of the molecule is C#CNC(=O)Oc1cccc(-c2ccccc2)c1. The van der Waals surface area contributed by atoms with Crippen LogP contribution in [0, 0.1) is 12.5 Å². The van der Waals surface area contributed by atoms with Crippen molar-refractivity contribution in [3.8, 4) is 29.3 Å². The molecule has 0 saturated carbocycles. The Morgan fingerprint density at radius 2 is 1.78 bits per heavy atom. The molecule has 0 heterocycles. The van der Waals surface area contributed by atoms with Crippen molar-refractivity contribution in [1.29, 1.82) is 0 Å². The lowest BCUT2D eigenvalue weighted by atomic mass is 10.1. The van der Waals surface area contributed by atoms with Gasteiger partial charge in [-0.2, -0.15) is 0 Å². The van der Waals surface area contributed by atoms with E-state index < -0.39 is 6.09 Å². The lowest BCUT2D eigenvalue weighted by molar-refractivity contribution is 0.205. The van der Waals surface area contributed by atoms with E-state index in [1.165, 1.54) is 0 Å². The normalized spacial score (nSPS) is 9.28. The van der Waals surface area contributed by atoms with E-state index in [9.17, 15) is 4.79 Å². The van der Waals surface area contributed by atoms with Crippen LogP contribution in [0.3, 0.4) is 0 Å². The first-order valence-electron chi connectivity index (χ1n) is 5.38. The Bertz CT molecular complexity index is 585. The van der Waals surface area contributed by atoms with Crippen LogP contribution in [0.1, 0.15) is 0 Å². The number of ether oxygens (including phenoxy) is 1. The minimum absolute atomic E-state index is 0.448. The molecule has 2 aromatic carbocycles. The molecule has 0 aliphatic heterocycles. The van der Waals surface area contributed by atoms with Gasteiger partial charge in [0.05, 0.1) is 0 Å². The third kappa shape index (κ3) is 2.89. The Hall–Kier alpha value is -2.73. The van der Waals surface area contributed by atoms with Gasteiger partial charge in [0.25, 0.3) is 0 Å². The number of hydrogen-bond donors (Lipinski definition) is 1. The Morgan fingerprint density at radius 3 is 2.50 bits per heavy atom. The molecule has 18 heavy (non-hydrogen) atoms. The summed E-state index contributed by atoms with van der Waals surface area (Å²) in [6.45, 7) is 0. The summed E-state index contributed by atoms with van der Waals surface area (Å²) >= 11 is 0. The Balaban J connectivity index is 2.21. The summed E-state index contributed by atoms with van der Waals surface area (Å²) in [6, 6.07) is 19.1. The van der Waals surface area contributed by atoms with Crippen LogP contribution in [0.2, 0.25) is 0 Å². The number of terminal acetylenes is 1. The minimum Gasteiger partial charge on any atom is -0.410 e. The van der Waals surface area contributed by atoms with E-state index in [0.717, 1.165) is 11.1 Å². The molecule has 1 amide bonds. The van der Waals surface area contributed by atoms with Crippen molar-refractivity contribution >= 4 is 6.09 Å². The zero-order valence-electron chi connectivity index (χ0n) is 9.59. The molecule has 0 atom stereocenters. The number of nitrogens with one attached hydrogen (secondary N) is 1. The van der Waals surface area contributed by atoms with Gasteiger partial charge in [-0.3, -0.25) is 0 Å². The molecule has 0 fully saturated rings. The van der Waals surface area contributed by atoms with E-state index in [4.69, 9.17) is 11.2 Å². The van der Waals surface area contributed by atoms with Gasteiger partial charge in [0, 0.05) is 6.04 Å². The summed E-state index contributed by atoms with van der Waals surface area (Å²) in [5.74, 6) is 0.448. The Kier molecular flexibility index (Phi) is 3.62. The largest absolute Gasteiger partial charge is 0.424 e. The number of carbonyl (C=O) groups excluding carboxylic acids is 1. The standard InChI is InChI=1S/C15H11NO2/c1-2-16-15(17)18-14-10-6-9-13(11-14)12-7-4-3-5-8-12/h1,3-11H,(H,16,17). The second-order valence-corrected chi connectivity index (χ2v) is 3.55. The van der Waals surface area contributed by atoms with Crippen molar-refractivity contribution < 1.29 is 9.53 Å². The number of carbonyl (C=O) groups is 1. The molecular weight excluding hydrogens is 226 g/mol. The number of hydrogen-bond acceptors (Lipinski definition) is 2. The molecule has 3 nitrogen and oxygen atoms in total. The van der Waals surface area contributed by atoms with E-state index in [2.05, 4.69) is 5.32 Å². The summed E-state index contributed by atoms with van der Waals surface area (Å²) in [5.41, 5.74) is 2.03. The van der Waals surface area contributed by atoms with Crippen LogP contribution in [-0.2, 0) is 0 Å². The molecule has 0 unspecified atom stereocenters. The van der Waals surface area contributed by atoms with Gasteiger partial charge in [0.1, 0.15) is 5.75 Å². The van der Waals surface area contributed by atoms with Gasteiger partial charge in [-0.05, 0) is 23.3 Å². The zero-order chi connectivity index (χ0) is 12.8. The number of amides is 1. The maximum absolute atomic E-state index is 11.2. The number of benzene rings is 2. The molecule has 0 spiro atoms. The molecule has 0 saturated heterocycles. The van der Waals surface area contributed by atoms with Gasteiger partial charge >= 0.3 is 6.09 Å². The van der Waals surface area contributed by atoms with E-state index in [0.29, 0.717) is 5.75 Å². The molecule has 0 aliphatic carbocycles. The van der Waals surface area contributed by atoms with E-state index >= 15 is 0 Å². The molecule has 2 rings (SSSR count). The van der Waals surface area contributed by atoms with Gasteiger partial charge in [-0.25, -0.2) is 10.1 Å². The summed E-state index contributed by atoms with van der Waals surface area (Å²) in [5, 5.41) is 2.12. The van der Waals surface area contributed by atoms with Crippen LogP contribution in [0.15, 0.2) is 54.6 Å². The predicted molar refractivity (Wildman–Crippen MR) is 69.9 cm³/mol. The molecule has 2 aromatic rings. The van der Waals surface area contributed by atoms with Crippen molar-refractivity contribution in [2.45, 2.75) is 0 Å². The number of rotatable bonds is 2. The fourth-order valence-corrected chi connectivity index (χ4v) is 1.56. The Labute approximate surface area is 105 Å². The van der Waals surface area contributed by atoms with Gasteiger partial charge < -0.3 is 4.74 Å². The van der Waals surface area contributed by atoms with E-state index in [1.807, 2.05) is 48.5 Å². The van der Waals surface area contributed by atoms with E-state index in [-0.39, 0.29) is 0 Å². The molecule has 0 bridgehead atoms. The average molecular weight is 237 g/mol. The third-order valence-corrected chi connectivity index (χ3v) is 2.33. The van der Waals surface area contributed by atoms with Crippen LogP contribution in [0.25, 0.3) is 11.1 Å². The van der Waals surface area contributed by atoms with Gasteiger partial charge in [-0.1, -0.05) is 48.9 Å². The molecule has 3 heteroatoms. The van der Waals surface area contributed by atoms with Crippen LogP contribution in [-0.4, -0.2) is 6.09 Å². The predicted octanol–water partition coefficient (Wildman–Crippen LogP) is 3.03. The van der Waals surface area contributed by atoms with Crippen molar-refractivity contribution in [1.82, 2.24) is 5.32 Å². The molecule has 0 aromatic heterocycles. The molecule has 0 aliphatic rings. The second kappa shape index (κ2) is 5.55. The second-order valence-electron chi connectivity index (χ2n) is 3.55. The minimum atomic E-state index is -0.664. The van der Waals surface area contributed by atoms with Crippen LogP contribution >= 0.6 is 0 Å². The summed E-state index contributed by atoms with van der Waals surface area (Å²) in [7, 11) is 0. The zero-order valence-corrected chi connectivity index (χ0v) is 9.59. The highest BCUT2D eigenvalue weighted by Gasteiger charge is 2.03. The highest BCUT2D eigenvalue weighted by Crippen LogP contribution is 2.23. The maximum atomic E-state index is 11.2. The monoisotopic (exact) mass is 237 g/mol. The van der Waals surface area contributed by atoms with Crippen molar-refractivity contribution in [3.05, 3.63) is 54.6 Å². The summed E-state index contributed by atoms with van der Waals surface area (Å²) < 4.78 is 5.02. The maximum Gasteiger partial charge on any atom is 0.424 e. The Morgan fingerprint density at radius 1 is 1.06 bits per heavy atom. The topological polar surface area (TPSA) is 38.3 Å². The van der Waals surface area contributed by atoms with E-state index in [1.54, 1.807) is 12.1 Å². The smallest absolute Gasteiger partial charge is 0.410 e. The third-order valence-electron chi connectivity index (χ3n) is 2.33. The molecule has 1 N–H and O–H groups in total. The van der Waals surface area contributed by atoms with Gasteiger partial charge in [0.2, 0.25) is 0 Å². The lowest BCUT2D eigenvalue weighted by Gasteiger charge is -2.05. The van der Waals surface area contributed by atoms with Crippen molar-refractivity contribution in [2.75, 3.05) is 0 Å².